The molecule has 0 radical (unpaired) electrons. The van der Waals surface area contributed by atoms with Gasteiger partial charge in [0.05, 0.1) is 23.9 Å². The van der Waals surface area contributed by atoms with Crippen molar-refractivity contribution in [2.24, 2.45) is 0 Å². The Balaban J connectivity index is 1.93. The number of amides is 1. The van der Waals surface area contributed by atoms with Crippen LogP contribution in [0.2, 0.25) is 0 Å². The minimum absolute atomic E-state index is 0.236. The molecule has 1 atom stereocenters. The van der Waals surface area contributed by atoms with Crippen LogP contribution in [0.1, 0.15) is 24.1 Å². The number of aromatic nitrogens is 1. The normalized spacial score (nSPS) is 17.6. The summed E-state index contributed by atoms with van der Waals surface area (Å²) in [6.45, 7) is 2.20. The van der Waals surface area contributed by atoms with Gasteiger partial charge in [-0.3, -0.25) is 19.5 Å². The Morgan fingerprint density at radius 2 is 1.94 bits per heavy atom. The van der Waals surface area contributed by atoms with Crippen LogP contribution in [0.4, 0.5) is 14.5 Å². The standard InChI is InChI=1S/C24H18F2N2O4/c1-2-32-17-7-3-5-14(11-17)22(29)20-21(15-6-4-10-27-13-15)28(24(31)23(20)30)19-9-8-16(25)12-18(19)26/h3-13,21,29H,2H2,1H3/b22-20+. The molecule has 162 valence electrons. The zero-order valence-electron chi connectivity index (χ0n) is 17.0. The monoisotopic (exact) mass is 436 g/mol. The second-order valence-electron chi connectivity index (χ2n) is 7.01. The van der Waals surface area contributed by atoms with Gasteiger partial charge in [-0.25, -0.2) is 8.78 Å². The second-order valence-corrected chi connectivity index (χ2v) is 7.01. The Morgan fingerprint density at radius 1 is 1.12 bits per heavy atom. The number of hydrogen-bond donors (Lipinski definition) is 1. The maximum absolute atomic E-state index is 14.6. The van der Waals surface area contributed by atoms with Crippen LogP contribution in [0.5, 0.6) is 5.75 Å². The highest BCUT2D eigenvalue weighted by Gasteiger charge is 2.47. The Bertz CT molecular complexity index is 1230. The molecule has 32 heavy (non-hydrogen) atoms. The van der Waals surface area contributed by atoms with Gasteiger partial charge >= 0.3 is 0 Å². The van der Waals surface area contributed by atoms with Gasteiger partial charge in [0, 0.05) is 24.0 Å². The molecule has 0 saturated carbocycles. The summed E-state index contributed by atoms with van der Waals surface area (Å²) in [5.41, 5.74) is 0.102. The third-order valence-corrected chi connectivity index (χ3v) is 5.03. The molecule has 1 aromatic heterocycles. The summed E-state index contributed by atoms with van der Waals surface area (Å²) in [6, 6.07) is 11.1. The maximum Gasteiger partial charge on any atom is 0.300 e. The van der Waals surface area contributed by atoms with Gasteiger partial charge in [0.1, 0.15) is 23.1 Å². The summed E-state index contributed by atoms with van der Waals surface area (Å²) in [5.74, 6) is -3.86. The minimum Gasteiger partial charge on any atom is -0.507 e. The number of aliphatic hydroxyl groups excluding tert-OH is 1. The number of hydrogen-bond acceptors (Lipinski definition) is 5. The minimum atomic E-state index is -1.17. The van der Waals surface area contributed by atoms with Gasteiger partial charge in [-0.2, -0.15) is 0 Å². The van der Waals surface area contributed by atoms with Crippen molar-refractivity contribution in [3.63, 3.8) is 0 Å². The molecule has 6 nitrogen and oxygen atoms in total. The zero-order valence-corrected chi connectivity index (χ0v) is 17.0. The van der Waals surface area contributed by atoms with Crippen molar-refractivity contribution in [1.29, 1.82) is 0 Å². The first-order chi connectivity index (χ1) is 15.4. The number of nitrogens with zero attached hydrogens (tertiary/aromatic N) is 2. The van der Waals surface area contributed by atoms with Crippen LogP contribution in [0.3, 0.4) is 0 Å². The predicted molar refractivity (Wildman–Crippen MR) is 113 cm³/mol. The molecule has 0 spiro atoms. The number of ether oxygens (including phenoxy) is 1. The van der Waals surface area contributed by atoms with Crippen molar-refractivity contribution < 1.29 is 28.2 Å². The first-order valence-electron chi connectivity index (χ1n) is 9.81. The Hall–Kier alpha value is -4.07. The molecular weight excluding hydrogens is 418 g/mol. The van der Waals surface area contributed by atoms with Crippen molar-refractivity contribution in [3.05, 3.63) is 95.3 Å². The average Bonchev–Trinajstić information content (AvgIpc) is 3.05. The molecule has 3 aromatic rings. The fourth-order valence-corrected chi connectivity index (χ4v) is 3.67. The van der Waals surface area contributed by atoms with Crippen molar-refractivity contribution in [3.8, 4) is 5.75 Å². The van der Waals surface area contributed by atoms with E-state index < -0.39 is 35.1 Å². The molecule has 1 aliphatic rings. The number of anilines is 1. The molecule has 0 aliphatic carbocycles. The molecule has 1 aliphatic heterocycles. The number of halogens is 2. The van der Waals surface area contributed by atoms with Crippen LogP contribution < -0.4 is 9.64 Å². The lowest BCUT2D eigenvalue weighted by atomic mass is 9.96. The summed E-state index contributed by atoms with van der Waals surface area (Å²) in [7, 11) is 0. The third-order valence-electron chi connectivity index (χ3n) is 5.03. The summed E-state index contributed by atoms with van der Waals surface area (Å²) in [5, 5.41) is 11.1. The maximum atomic E-state index is 14.6. The van der Waals surface area contributed by atoms with Gasteiger partial charge in [-0.05, 0) is 42.8 Å². The predicted octanol–water partition coefficient (Wildman–Crippen LogP) is 4.38. The molecule has 0 bridgehead atoms. The number of carbonyl (C=O) groups is 2. The SMILES string of the molecule is CCOc1cccc(/C(O)=C2\C(=O)C(=O)N(c3ccc(F)cc3F)C2c2cccnc2)c1. The van der Waals surface area contributed by atoms with Crippen LogP contribution in [0, 0.1) is 11.6 Å². The lowest BCUT2D eigenvalue weighted by Crippen LogP contribution is -2.30. The average molecular weight is 436 g/mol. The molecule has 1 saturated heterocycles. The van der Waals surface area contributed by atoms with Crippen LogP contribution in [0.25, 0.3) is 5.76 Å². The second kappa shape index (κ2) is 8.58. The van der Waals surface area contributed by atoms with E-state index in [2.05, 4.69) is 4.98 Å². The van der Waals surface area contributed by atoms with E-state index in [0.29, 0.717) is 24.0 Å². The fourth-order valence-electron chi connectivity index (χ4n) is 3.67. The highest BCUT2D eigenvalue weighted by molar-refractivity contribution is 6.51. The Kier molecular flexibility index (Phi) is 5.68. The molecule has 8 heteroatoms. The van der Waals surface area contributed by atoms with Gasteiger partial charge < -0.3 is 9.84 Å². The Labute approximate surface area is 182 Å². The molecule has 1 N–H and O–H groups in total. The molecule has 4 rings (SSSR count). The number of rotatable bonds is 5. The molecule has 2 aromatic carbocycles. The number of ketones is 1. The van der Waals surface area contributed by atoms with E-state index in [4.69, 9.17) is 4.74 Å². The van der Waals surface area contributed by atoms with Gasteiger partial charge in [-0.1, -0.05) is 18.2 Å². The number of pyridine rings is 1. The molecule has 2 heterocycles. The van der Waals surface area contributed by atoms with Gasteiger partial charge in [0.25, 0.3) is 11.7 Å². The smallest absolute Gasteiger partial charge is 0.300 e. The van der Waals surface area contributed by atoms with E-state index in [9.17, 15) is 23.5 Å². The van der Waals surface area contributed by atoms with Crippen molar-refractivity contribution in [1.82, 2.24) is 4.98 Å². The lowest BCUT2D eigenvalue weighted by Gasteiger charge is -2.25. The molecule has 1 fully saturated rings. The van der Waals surface area contributed by atoms with Crippen LogP contribution in [-0.4, -0.2) is 28.4 Å². The first kappa shape index (κ1) is 21.2. The molecular formula is C24H18F2N2O4. The summed E-state index contributed by atoms with van der Waals surface area (Å²) in [6.07, 6.45) is 2.91. The largest absolute Gasteiger partial charge is 0.507 e. The number of Topliss-reactive ketones (excluding diaryl/α,β-unsaturated/α-hetero) is 1. The summed E-state index contributed by atoms with van der Waals surface area (Å²) >= 11 is 0. The number of carbonyl (C=O) groups excluding carboxylic acids is 2. The van der Waals surface area contributed by atoms with Crippen LogP contribution >= 0.6 is 0 Å². The number of benzene rings is 2. The van der Waals surface area contributed by atoms with Crippen LogP contribution in [-0.2, 0) is 9.59 Å². The van der Waals surface area contributed by atoms with E-state index in [0.717, 1.165) is 17.0 Å². The highest BCUT2D eigenvalue weighted by Crippen LogP contribution is 2.42. The fraction of sp³-hybridized carbons (Fsp3) is 0.125. The molecule has 1 unspecified atom stereocenters. The topological polar surface area (TPSA) is 79.7 Å². The van der Waals surface area contributed by atoms with E-state index in [-0.39, 0.29) is 16.8 Å². The number of aliphatic hydroxyl groups is 1. The van der Waals surface area contributed by atoms with Gasteiger partial charge in [-0.15, -0.1) is 0 Å². The van der Waals surface area contributed by atoms with E-state index in [1.54, 1.807) is 37.3 Å². The van der Waals surface area contributed by atoms with Gasteiger partial charge in [0.2, 0.25) is 0 Å². The van der Waals surface area contributed by atoms with Crippen molar-refractivity contribution in [2.45, 2.75) is 13.0 Å². The zero-order chi connectivity index (χ0) is 22.8. The highest BCUT2D eigenvalue weighted by atomic mass is 19.1. The van der Waals surface area contributed by atoms with Crippen molar-refractivity contribution >= 4 is 23.1 Å². The van der Waals surface area contributed by atoms with Gasteiger partial charge in [0.15, 0.2) is 0 Å². The van der Waals surface area contributed by atoms with Crippen molar-refractivity contribution in [2.75, 3.05) is 11.5 Å². The molecule has 1 amide bonds. The van der Waals surface area contributed by atoms with E-state index in [1.807, 2.05) is 0 Å². The van der Waals surface area contributed by atoms with E-state index >= 15 is 0 Å². The first-order valence-corrected chi connectivity index (χ1v) is 9.81. The lowest BCUT2D eigenvalue weighted by molar-refractivity contribution is -0.132. The quantitative estimate of drug-likeness (QED) is 0.365. The summed E-state index contributed by atoms with van der Waals surface area (Å²) in [4.78, 5) is 30.9. The summed E-state index contributed by atoms with van der Waals surface area (Å²) < 4.78 is 33.5. The van der Waals surface area contributed by atoms with E-state index in [1.165, 1.54) is 18.5 Å². The third kappa shape index (κ3) is 3.71. The Morgan fingerprint density at radius 3 is 2.62 bits per heavy atom. The van der Waals surface area contributed by atoms with Crippen LogP contribution in [0.15, 0.2) is 72.6 Å².